The quantitative estimate of drug-likeness (QED) is 0.665. The summed E-state index contributed by atoms with van der Waals surface area (Å²) in [4.78, 5) is 4.59. The fraction of sp³-hybridized carbons (Fsp3) is 1.00. The molecule has 1 rings (SSSR count). The molecule has 2 atom stereocenters. The molecule has 5 heteroatoms. The van der Waals surface area contributed by atoms with Crippen LogP contribution in [0.25, 0.3) is 0 Å². The van der Waals surface area contributed by atoms with Gasteiger partial charge in [0, 0.05) is 39.8 Å². The summed E-state index contributed by atoms with van der Waals surface area (Å²) in [5.74, 6) is 0. The third-order valence-electron chi connectivity index (χ3n) is 3.04. The molecular formula is C12H26N2O3. The number of hydrogen-bond donors (Lipinski definition) is 1. The molecule has 0 amide bonds. The summed E-state index contributed by atoms with van der Waals surface area (Å²) < 4.78 is 10.5. The zero-order valence-corrected chi connectivity index (χ0v) is 11.3. The van der Waals surface area contributed by atoms with Crippen LogP contribution in [0, 0.1) is 0 Å². The third-order valence-corrected chi connectivity index (χ3v) is 3.04. The predicted octanol–water partition coefficient (Wildman–Crippen LogP) is -0.354. The minimum absolute atomic E-state index is 0.0436. The molecule has 1 aliphatic heterocycles. The van der Waals surface area contributed by atoms with Crippen LogP contribution in [0.2, 0.25) is 0 Å². The lowest BCUT2D eigenvalue weighted by Crippen LogP contribution is -2.47. The van der Waals surface area contributed by atoms with Gasteiger partial charge in [0.1, 0.15) is 0 Å². The van der Waals surface area contributed by atoms with Gasteiger partial charge < -0.3 is 19.5 Å². The highest BCUT2D eigenvalue weighted by Gasteiger charge is 2.17. The van der Waals surface area contributed by atoms with E-state index in [4.69, 9.17) is 9.47 Å². The van der Waals surface area contributed by atoms with Crippen LogP contribution < -0.4 is 0 Å². The molecule has 2 unspecified atom stereocenters. The van der Waals surface area contributed by atoms with Gasteiger partial charge in [-0.1, -0.05) is 0 Å². The first kappa shape index (κ1) is 14.9. The highest BCUT2D eigenvalue weighted by molar-refractivity contribution is 4.72. The first-order valence-electron chi connectivity index (χ1n) is 6.31. The Morgan fingerprint density at radius 2 is 1.82 bits per heavy atom. The summed E-state index contributed by atoms with van der Waals surface area (Å²) >= 11 is 0. The minimum Gasteiger partial charge on any atom is -0.389 e. The van der Waals surface area contributed by atoms with Crippen molar-refractivity contribution in [1.82, 2.24) is 9.80 Å². The van der Waals surface area contributed by atoms with Crippen molar-refractivity contribution in [3.63, 3.8) is 0 Å². The maximum Gasteiger partial charge on any atom is 0.0900 e. The molecule has 0 aromatic carbocycles. The summed E-state index contributed by atoms with van der Waals surface area (Å²) in [6.07, 6.45) is -0.361. The summed E-state index contributed by atoms with van der Waals surface area (Å²) in [7, 11) is 3.78. The van der Waals surface area contributed by atoms with Crippen molar-refractivity contribution in [2.45, 2.75) is 19.1 Å². The maximum absolute atomic E-state index is 9.86. The standard InChI is InChI=1S/C12H26N2O3/c1-11(9-16-3)17-10-12(15)8-14-6-4-13(2)5-7-14/h11-12,15H,4-10H2,1-3H3. The van der Waals surface area contributed by atoms with Crippen molar-refractivity contribution in [2.24, 2.45) is 0 Å². The van der Waals surface area contributed by atoms with Crippen LogP contribution in [-0.2, 0) is 9.47 Å². The molecule has 1 aliphatic rings. The fourth-order valence-corrected chi connectivity index (χ4v) is 1.94. The van der Waals surface area contributed by atoms with Crippen molar-refractivity contribution < 1.29 is 14.6 Å². The second kappa shape index (κ2) is 8.00. The van der Waals surface area contributed by atoms with E-state index >= 15 is 0 Å². The topological polar surface area (TPSA) is 45.2 Å². The van der Waals surface area contributed by atoms with E-state index in [1.165, 1.54) is 0 Å². The fourth-order valence-electron chi connectivity index (χ4n) is 1.94. The van der Waals surface area contributed by atoms with Gasteiger partial charge in [0.2, 0.25) is 0 Å². The third kappa shape index (κ3) is 6.33. The number of β-amino-alcohol motifs (C(OH)–C–C–N with tert-alkyl or cyclic N) is 1. The lowest BCUT2D eigenvalue weighted by molar-refractivity contribution is -0.0421. The van der Waals surface area contributed by atoms with E-state index in [0.717, 1.165) is 26.2 Å². The Hall–Kier alpha value is -0.200. The van der Waals surface area contributed by atoms with Gasteiger partial charge in [0.15, 0.2) is 0 Å². The number of methoxy groups -OCH3 is 1. The molecule has 1 saturated heterocycles. The Balaban J connectivity index is 2.10. The van der Waals surface area contributed by atoms with Gasteiger partial charge in [-0.2, -0.15) is 0 Å². The molecule has 0 radical (unpaired) electrons. The second-order valence-corrected chi connectivity index (χ2v) is 4.86. The Morgan fingerprint density at radius 3 is 2.41 bits per heavy atom. The molecule has 0 aliphatic carbocycles. The van der Waals surface area contributed by atoms with Crippen molar-refractivity contribution in [3.8, 4) is 0 Å². The Bertz CT molecular complexity index is 196. The highest BCUT2D eigenvalue weighted by atomic mass is 16.5. The van der Waals surface area contributed by atoms with Crippen LogP contribution in [0.1, 0.15) is 6.92 Å². The highest BCUT2D eigenvalue weighted by Crippen LogP contribution is 2.02. The van der Waals surface area contributed by atoms with Gasteiger partial charge in [-0.3, -0.25) is 4.90 Å². The van der Waals surface area contributed by atoms with Crippen LogP contribution in [0.3, 0.4) is 0 Å². The Kier molecular flexibility index (Phi) is 6.99. The van der Waals surface area contributed by atoms with Crippen LogP contribution in [0.5, 0.6) is 0 Å². The molecule has 5 nitrogen and oxygen atoms in total. The first-order chi connectivity index (χ1) is 8.11. The van der Waals surface area contributed by atoms with Crippen molar-refractivity contribution in [3.05, 3.63) is 0 Å². The van der Waals surface area contributed by atoms with Crippen molar-refractivity contribution >= 4 is 0 Å². The van der Waals surface area contributed by atoms with E-state index < -0.39 is 6.10 Å². The summed E-state index contributed by atoms with van der Waals surface area (Å²) in [5, 5.41) is 9.86. The number of rotatable bonds is 7. The largest absolute Gasteiger partial charge is 0.389 e. The van der Waals surface area contributed by atoms with Crippen molar-refractivity contribution in [2.75, 3.05) is 60.1 Å². The van der Waals surface area contributed by atoms with E-state index in [1.54, 1.807) is 7.11 Å². The van der Waals surface area contributed by atoms with Crippen LogP contribution in [0.4, 0.5) is 0 Å². The number of aliphatic hydroxyl groups is 1. The number of ether oxygens (including phenoxy) is 2. The molecule has 0 bridgehead atoms. The van der Waals surface area contributed by atoms with E-state index in [0.29, 0.717) is 19.8 Å². The number of hydrogen-bond acceptors (Lipinski definition) is 5. The molecule has 102 valence electrons. The Morgan fingerprint density at radius 1 is 1.18 bits per heavy atom. The lowest BCUT2D eigenvalue weighted by atomic mass is 10.3. The van der Waals surface area contributed by atoms with Gasteiger partial charge in [0.05, 0.1) is 25.4 Å². The van der Waals surface area contributed by atoms with Crippen LogP contribution >= 0.6 is 0 Å². The van der Waals surface area contributed by atoms with E-state index in [-0.39, 0.29) is 6.10 Å². The zero-order chi connectivity index (χ0) is 12.7. The average molecular weight is 246 g/mol. The smallest absolute Gasteiger partial charge is 0.0900 e. The molecule has 1 heterocycles. The molecule has 0 aromatic rings. The van der Waals surface area contributed by atoms with Crippen LogP contribution in [-0.4, -0.2) is 87.2 Å². The number of nitrogens with zero attached hydrogens (tertiary/aromatic N) is 2. The van der Waals surface area contributed by atoms with E-state index in [9.17, 15) is 5.11 Å². The molecule has 1 fully saturated rings. The monoisotopic (exact) mass is 246 g/mol. The van der Waals surface area contributed by atoms with Gasteiger partial charge in [-0.05, 0) is 14.0 Å². The Labute approximate surface area is 104 Å². The normalized spacial score (nSPS) is 22.6. The number of aliphatic hydroxyl groups excluding tert-OH is 1. The number of piperazine rings is 1. The molecule has 1 N–H and O–H groups in total. The summed E-state index contributed by atoms with van der Waals surface area (Å²) in [6.45, 7) is 7.82. The van der Waals surface area contributed by atoms with E-state index in [2.05, 4.69) is 16.8 Å². The van der Waals surface area contributed by atoms with E-state index in [1.807, 2.05) is 6.92 Å². The minimum atomic E-state index is -0.405. The predicted molar refractivity (Wildman–Crippen MR) is 67.2 cm³/mol. The molecule has 0 saturated carbocycles. The molecular weight excluding hydrogens is 220 g/mol. The summed E-state index contributed by atoms with van der Waals surface area (Å²) in [6, 6.07) is 0. The zero-order valence-electron chi connectivity index (χ0n) is 11.3. The van der Waals surface area contributed by atoms with Gasteiger partial charge in [0.25, 0.3) is 0 Å². The average Bonchev–Trinajstić information content (AvgIpc) is 2.30. The first-order valence-corrected chi connectivity index (χ1v) is 6.31. The molecule has 0 aromatic heterocycles. The SMILES string of the molecule is COCC(C)OCC(O)CN1CCN(C)CC1. The number of likely N-dealkylation sites (N-methyl/N-ethyl adjacent to an activating group) is 1. The van der Waals surface area contributed by atoms with Crippen LogP contribution in [0.15, 0.2) is 0 Å². The second-order valence-electron chi connectivity index (χ2n) is 4.86. The van der Waals surface area contributed by atoms with Gasteiger partial charge >= 0.3 is 0 Å². The van der Waals surface area contributed by atoms with Crippen molar-refractivity contribution in [1.29, 1.82) is 0 Å². The summed E-state index contributed by atoms with van der Waals surface area (Å²) in [5.41, 5.74) is 0. The van der Waals surface area contributed by atoms with Gasteiger partial charge in [-0.15, -0.1) is 0 Å². The maximum atomic E-state index is 9.86. The molecule has 0 spiro atoms. The molecule has 17 heavy (non-hydrogen) atoms. The lowest BCUT2D eigenvalue weighted by Gasteiger charge is -2.33. The van der Waals surface area contributed by atoms with Gasteiger partial charge in [-0.25, -0.2) is 0 Å².